The van der Waals surface area contributed by atoms with Crippen LogP contribution in [-0.4, -0.2) is 18.6 Å². The van der Waals surface area contributed by atoms with Crippen LogP contribution in [0.1, 0.15) is 43.5 Å². The van der Waals surface area contributed by atoms with E-state index in [0.29, 0.717) is 18.4 Å². The molecular formula is C15H20F5N. The van der Waals surface area contributed by atoms with Crippen LogP contribution in [0.3, 0.4) is 0 Å². The van der Waals surface area contributed by atoms with E-state index < -0.39 is 18.1 Å². The van der Waals surface area contributed by atoms with Gasteiger partial charge < -0.3 is 5.32 Å². The normalized spacial score (nSPS) is 14.3. The smallest absolute Gasteiger partial charge is 0.305 e. The van der Waals surface area contributed by atoms with Crippen molar-refractivity contribution in [3.05, 3.63) is 34.9 Å². The maximum Gasteiger partial charge on any atom is 0.455 e. The van der Waals surface area contributed by atoms with Gasteiger partial charge in [-0.3, -0.25) is 0 Å². The summed E-state index contributed by atoms with van der Waals surface area (Å²) < 4.78 is 65.8. The molecule has 6 heteroatoms. The van der Waals surface area contributed by atoms with Crippen molar-refractivity contribution >= 4 is 0 Å². The zero-order chi connectivity index (χ0) is 16.3. The van der Waals surface area contributed by atoms with E-state index in [4.69, 9.17) is 0 Å². The topological polar surface area (TPSA) is 12.0 Å². The molecule has 0 aliphatic carbocycles. The number of hydrogen-bond acceptors (Lipinski definition) is 1. The van der Waals surface area contributed by atoms with Crippen molar-refractivity contribution in [2.24, 2.45) is 0 Å². The molecule has 0 bridgehead atoms. The molecule has 0 spiro atoms. The van der Waals surface area contributed by atoms with Crippen LogP contribution in [0.2, 0.25) is 0 Å². The zero-order valence-electron chi connectivity index (χ0n) is 12.3. The Morgan fingerprint density at radius 2 is 1.62 bits per heavy atom. The summed E-state index contributed by atoms with van der Waals surface area (Å²) in [4.78, 5) is 0. The Hall–Kier alpha value is -1.17. The molecule has 1 N–H and O–H groups in total. The van der Waals surface area contributed by atoms with Crippen LogP contribution in [0, 0.1) is 0 Å². The lowest BCUT2D eigenvalue weighted by Gasteiger charge is -2.31. The largest absolute Gasteiger partial charge is 0.455 e. The van der Waals surface area contributed by atoms with Crippen molar-refractivity contribution in [1.82, 2.24) is 5.32 Å². The van der Waals surface area contributed by atoms with Gasteiger partial charge in [-0.05, 0) is 36.1 Å². The second-order valence-electron chi connectivity index (χ2n) is 4.85. The number of hydrogen-bond donors (Lipinski definition) is 1. The Morgan fingerprint density at radius 1 is 1.00 bits per heavy atom. The molecule has 0 fully saturated rings. The van der Waals surface area contributed by atoms with E-state index in [9.17, 15) is 22.0 Å². The third-order valence-corrected chi connectivity index (χ3v) is 3.46. The predicted octanol–water partition coefficient (Wildman–Crippen LogP) is 4.66. The molecule has 1 nitrogen and oxygen atoms in total. The number of halogens is 5. The molecule has 0 amide bonds. The highest BCUT2D eigenvalue weighted by Gasteiger charge is 2.62. The van der Waals surface area contributed by atoms with Crippen molar-refractivity contribution in [2.75, 3.05) is 6.54 Å². The number of nitrogens with one attached hydrogen (secondary N) is 1. The van der Waals surface area contributed by atoms with E-state index in [1.165, 1.54) is 13.0 Å². The molecule has 1 atom stereocenters. The van der Waals surface area contributed by atoms with Crippen LogP contribution in [-0.2, 0) is 12.8 Å². The molecule has 21 heavy (non-hydrogen) atoms. The second kappa shape index (κ2) is 6.73. The summed E-state index contributed by atoms with van der Waals surface area (Å²) in [7, 11) is 0. The van der Waals surface area contributed by atoms with E-state index in [1.54, 1.807) is 19.1 Å². The minimum atomic E-state index is -5.59. The van der Waals surface area contributed by atoms with Crippen molar-refractivity contribution < 1.29 is 22.0 Å². The maximum absolute atomic E-state index is 13.8. The molecule has 1 unspecified atom stereocenters. The Morgan fingerprint density at radius 3 is 2.05 bits per heavy atom. The summed E-state index contributed by atoms with van der Waals surface area (Å²) in [6.07, 6.45) is -4.62. The van der Waals surface area contributed by atoms with Crippen LogP contribution in [0.15, 0.2) is 18.2 Å². The summed E-state index contributed by atoms with van der Waals surface area (Å²) >= 11 is 0. The van der Waals surface area contributed by atoms with Gasteiger partial charge >= 0.3 is 12.1 Å². The predicted molar refractivity (Wildman–Crippen MR) is 72.6 cm³/mol. The first-order valence-corrected chi connectivity index (χ1v) is 6.98. The van der Waals surface area contributed by atoms with Crippen molar-refractivity contribution in [2.45, 2.75) is 51.8 Å². The van der Waals surface area contributed by atoms with Crippen molar-refractivity contribution in [1.29, 1.82) is 0 Å². The van der Waals surface area contributed by atoms with Gasteiger partial charge in [0.2, 0.25) is 0 Å². The van der Waals surface area contributed by atoms with Gasteiger partial charge in [0.15, 0.2) is 0 Å². The Balaban J connectivity index is 3.41. The maximum atomic E-state index is 13.8. The highest BCUT2D eigenvalue weighted by Crippen LogP contribution is 2.45. The van der Waals surface area contributed by atoms with Crippen molar-refractivity contribution in [3.8, 4) is 0 Å². The van der Waals surface area contributed by atoms with E-state index in [0.717, 1.165) is 5.56 Å². The molecule has 0 radical (unpaired) electrons. The van der Waals surface area contributed by atoms with Crippen LogP contribution in [0.4, 0.5) is 22.0 Å². The van der Waals surface area contributed by atoms with Crippen molar-refractivity contribution in [3.63, 3.8) is 0 Å². The molecule has 0 aliphatic rings. The van der Waals surface area contributed by atoms with Crippen LogP contribution < -0.4 is 5.32 Å². The zero-order valence-corrected chi connectivity index (χ0v) is 12.3. The first-order chi connectivity index (χ1) is 9.68. The fraction of sp³-hybridized carbons (Fsp3) is 0.600. The fourth-order valence-electron chi connectivity index (χ4n) is 2.26. The molecule has 120 valence electrons. The fourth-order valence-corrected chi connectivity index (χ4v) is 2.26. The standard InChI is InChI=1S/C15H20F5N/c1-4-10-7-8-11(5-2)12(9-10)13(21-6-3)14(16,17)15(18,19)20/h7-9,13,21H,4-6H2,1-3H3. The third-order valence-electron chi connectivity index (χ3n) is 3.46. The third kappa shape index (κ3) is 3.73. The minimum Gasteiger partial charge on any atom is -0.305 e. The molecule has 0 saturated carbocycles. The number of alkyl halides is 5. The lowest BCUT2D eigenvalue weighted by molar-refractivity contribution is -0.294. The monoisotopic (exact) mass is 309 g/mol. The van der Waals surface area contributed by atoms with Gasteiger partial charge in [0.05, 0.1) is 0 Å². The summed E-state index contributed by atoms with van der Waals surface area (Å²) in [6.45, 7) is 5.10. The number of rotatable bonds is 6. The van der Waals surface area contributed by atoms with Crippen LogP contribution >= 0.6 is 0 Å². The van der Waals surface area contributed by atoms with E-state index in [-0.39, 0.29) is 12.1 Å². The molecule has 0 heterocycles. The first kappa shape index (κ1) is 17.9. The quantitative estimate of drug-likeness (QED) is 0.754. The van der Waals surface area contributed by atoms with Crippen LogP contribution in [0.25, 0.3) is 0 Å². The number of aryl methyl sites for hydroxylation is 2. The summed E-state index contributed by atoms with van der Waals surface area (Å²) in [6, 6.07) is 2.78. The average Bonchev–Trinajstić information content (AvgIpc) is 2.42. The SMILES string of the molecule is CCNC(c1cc(CC)ccc1CC)C(F)(F)C(F)(F)F. The average molecular weight is 309 g/mol. The summed E-state index contributed by atoms with van der Waals surface area (Å²) in [5.41, 5.74) is 1.27. The Labute approximate surface area is 121 Å². The van der Waals surface area contributed by atoms with Gasteiger partial charge in [-0.15, -0.1) is 0 Å². The highest BCUT2D eigenvalue weighted by atomic mass is 19.4. The lowest BCUT2D eigenvalue weighted by Crippen LogP contribution is -2.48. The van der Waals surface area contributed by atoms with Gasteiger partial charge in [0.1, 0.15) is 6.04 Å². The molecule has 0 aliphatic heterocycles. The molecule has 0 aromatic heterocycles. The van der Waals surface area contributed by atoms with Gasteiger partial charge in [0.25, 0.3) is 0 Å². The summed E-state index contributed by atoms with van der Waals surface area (Å²) in [5.74, 6) is -4.82. The molecule has 1 rings (SSSR count). The van der Waals surface area contributed by atoms with Gasteiger partial charge in [-0.25, -0.2) is 0 Å². The number of benzene rings is 1. The van der Waals surface area contributed by atoms with Crippen LogP contribution in [0.5, 0.6) is 0 Å². The van der Waals surface area contributed by atoms with Gasteiger partial charge in [-0.2, -0.15) is 22.0 Å². The van der Waals surface area contributed by atoms with E-state index in [2.05, 4.69) is 5.32 Å². The van der Waals surface area contributed by atoms with Gasteiger partial charge in [0, 0.05) is 0 Å². The highest BCUT2D eigenvalue weighted by molar-refractivity contribution is 5.36. The van der Waals surface area contributed by atoms with E-state index in [1.807, 2.05) is 6.92 Å². The van der Waals surface area contributed by atoms with E-state index >= 15 is 0 Å². The minimum absolute atomic E-state index is 0.0237. The first-order valence-electron chi connectivity index (χ1n) is 6.98. The van der Waals surface area contributed by atoms with Gasteiger partial charge in [-0.1, -0.05) is 39.0 Å². The second-order valence-corrected chi connectivity index (χ2v) is 4.85. The molecule has 1 aromatic rings. The summed E-state index contributed by atoms with van der Waals surface area (Å²) in [5, 5.41) is 2.30. The Bertz CT molecular complexity index is 468. The molecular weight excluding hydrogens is 289 g/mol. The molecule has 1 aromatic carbocycles. The Kier molecular flexibility index (Phi) is 5.73. The molecule has 0 saturated heterocycles. The lowest BCUT2D eigenvalue weighted by atomic mass is 9.91.